The number of fused-ring (bicyclic) bond motifs is 1. The summed E-state index contributed by atoms with van der Waals surface area (Å²) >= 11 is 1.45. The molecule has 1 aliphatic rings. The summed E-state index contributed by atoms with van der Waals surface area (Å²) in [4.78, 5) is 12.2. The first-order valence-electron chi connectivity index (χ1n) is 4.50. The van der Waals surface area contributed by atoms with E-state index in [4.69, 9.17) is 0 Å². The second kappa shape index (κ2) is 3.09. The van der Waals surface area contributed by atoms with Crippen molar-refractivity contribution in [3.8, 4) is 0 Å². The Kier molecular flexibility index (Phi) is 2.14. The molecule has 1 aromatic carbocycles. The van der Waals surface area contributed by atoms with Crippen LogP contribution in [0.3, 0.4) is 0 Å². The first-order valence-corrected chi connectivity index (χ1v) is 5.32. The van der Waals surface area contributed by atoms with Crippen molar-refractivity contribution < 1.29 is 9.18 Å². The second-order valence-electron chi connectivity index (χ2n) is 4.08. The number of benzene rings is 1. The molecule has 0 aromatic heterocycles. The average Bonchev–Trinajstić information content (AvgIpc) is 2.05. The molecule has 0 saturated heterocycles. The number of Topliss-reactive ketones (excluding diaryl/α,β-unsaturated/α-hetero) is 1. The SMILES string of the molecule is CC1(C)CC(=O)c2cccc(F)c2S1. The predicted octanol–water partition coefficient (Wildman–Crippen LogP) is 3.28. The highest BCUT2D eigenvalue weighted by Gasteiger charge is 2.33. The zero-order chi connectivity index (χ0) is 10.3. The first kappa shape index (κ1) is 9.71. The van der Waals surface area contributed by atoms with Crippen molar-refractivity contribution >= 4 is 17.5 Å². The molecule has 1 aromatic rings. The van der Waals surface area contributed by atoms with Crippen LogP contribution in [0.5, 0.6) is 0 Å². The third-order valence-corrected chi connectivity index (χ3v) is 3.55. The third-order valence-electron chi connectivity index (χ3n) is 2.23. The quantitative estimate of drug-likeness (QED) is 0.653. The number of ketones is 1. The monoisotopic (exact) mass is 210 g/mol. The van der Waals surface area contributed by atoms with Gasteiger partial charge in [-0.1, -0.05) is 12.1 Å². The van der Waals surface area contributed by atoms with Crippen molar-refractivity contribution in [2.75, 3.05) is 0 Å². The summed E-state index contributed by atoms with van der Waals surface area (Å²) in [5.74, 6) is -0.239. The molecular formula is C11H11FOS. The van der Waals surface area contributed by atoms with E-state index in [1.54, 1.807) is 12.1 Å². The van der Waals surface area contributed by atoms with Gasteiger partial charge >= 0.3 is 0 Å². The van der Waals surface area contributed by atoms with E-state index in [1.165, 1.54) is 17.8 Å². The molecule has 0 N–H and O–H groups in total. The molecule has 3 heteroatoms. The van der Waals surface area contributed by atoms with Crippen molar-refractivity contribution in [3.05, 3.63) is 29.6 Å². The van der Waals surface area contributed by atoms with Crippen LogP contribution in [0, 0.1) is 5.82 Å². The maximum atomic E-state index is 13.4. The molecule has 0 fully saturated rings. The van der Waals surface area contributed by atoms with Gasteiger partial charge in [0.25, 0.3) is 0 Å². The number of rotatable bonds is 0. The normalized spacial score (nSPS) is 19.2. The summed E-state index contributed by atoms with van der Waals surface area (Å²) in [7, 11) is 0. The highest BCUT2D eigenvalue weighted by atomic mass is 32.2. The summed E-state index contributed by atoms with van der Waals surface area (Å²) in [6, 6.07) is 4.69. The topological polar surface area (TPSA) is 17.1 Å². The minimum Gasteiger partial charge on any atom is -0.294 e. The van der Waals surface area contributed by atoms with Crippen molar-refractivity contribution in [1.82, 2.24) is 0 Å². The fourth-order valence-electron chi connectivity index (χ4n) is 1.63. The Balaban J connectivity index is 2.56. The Labute approximate surface area is 86.7 Å². The highest BCUT2D eigenvalue weighted by molar-refractivity contribution is 8.00. The largest absolute Gasteiger partial charge is 0.294 e. The molecule has 1 aliphatic heterocycles. The zero-order valence-electron chi connectivity index (χ0n) is 8.13. The van der Waals surface area contributed by atoms with Crippen LogP contribution < -0.4 is 0 Å². The Morgan fingerprint density at radius 2 is 2.14 bits per heavy atom. The molecule has 0 aliphatic carbocycles. The van der Waals surface area contributed by atoms with Gasteiger partial charge in [-0.15, -0.1) is 11.8 Å². The summed E-state index contributed by atoms with van der Waals surface area (Å²) in [5, 5.41) is 0. The van der Waals surface area contributed by atoms with Crippen LogP contribution in [0.1, 0.15) is 30.6 Å². The molecule has 2 rings (SSSR count). The van der Waals surface area contributed by atoms with Gasteiger partial charge in [0.2, 0.25) is 0 Å². The molecule has 74 valence electrons. The fraction of sp³-hybridized carbons (Fsp3) is 0.364. The van der Waals surface area contributed by atoms with Crippen LogP contribution in [0.15, 0.2) is 23.1 Å². The van der Waals surface area contributed by atoms with Crippen molar-refractivity contribution in [3.63, 3.8) is 0 Å². The van der Waals surface area contributed by atoms with Gasteiger partial charge in [0.15, 0.2) is 5.78 Å². The van der Waals surface area contributed by atoms with Crippen LogP contribution in [-0.4, -0.2) is 10.5 Å². The van der Waals surface area contributed by atoms with Crippen molar-refractivity contribution in [2.45, 2.75) is 29.9 Å². The van der Waals surface area contributed by atoms with Crippen molar-refractivity contribution in [2.24, 2.45) is 0 Å². The molecule has 1 nitrogen and oxygen atoms in total. The molecule has 0 saturated carbocycles. The molecule has 14 heavy (non-hydrogen) atoms. The van der Waals surface area contributed by atoms with E-state index in [0.29, 0.717) is 16.9 Å². The Hall–Kier alpha value is -0.830. The van der Waals surface area contributed by atoms with E-state index in [9.17, 15) is 9.18 Å². The minimum atomic E-state index is -0.284. The van der Waals surface area contributed by atoms with Gasteiger partial charge in [-0.05, 0) is 19.9 Å². The van der Waals surface area contributed by atoms with E-state index in [0.717, 1.165) is 0 Å². The van der Waals surface area contributed by atoms with Crippen LogP contribution in [0.4, 0.5) is 4.39 Å². The Bertz CT molecular complexity index is 398. The van der Waals surface area contributed by atoms with E-state index in [2.05, 4.69) is 0 Å². The second-order valence-corrected chi connectivity index (χ2v) is 5.80. The molecule has 0 unspecified atom stereocenters. The van der Waals surface area contributed by atoms with Crippen LogP contribution in [0.25, 0.3) is 0 Å². The molecule has 0 radical (unpaired) electrons. The van der Waals surface area contributed by atoms with E-state index in [-0.39, 0.29) is 16.3 Å². The average molecular weight is 210 g/mol. The lowest BCUT2D eigenvalue weighted by Crippen LogP contribution is -2.25. The predicted molar refractivity (Wildman–Crippen MR) is 55.3 cm³/mol. The van der Waals surface area contributed by atoms with Crippen LogP contribution >= 0.6 is 11.8 Å². The number of carbonyl (C=O) groups excluding carboxylic acids is 1. The Morgan fingerprint density at radius 3 is 2.86 bits per heavy atom. The molecule has 1 heterocycles. The number of thioether (sulfide) groups is 1. The van der Waals surface area contributed by atoms with E-state index in [1.807, 2.05) is 13.8 Å². The summed E-state index contributed by atoms with van der Waals surface area (Å²) in [5.41, 5.74) is 0.536. The van der Waals surface area contributed by atoms with E-state index >= 15 is 0 Å². The summed E-state index contributed by atoms with van der Waals surface area (Å²) in [6.07, 6.45) is 0.480. The number of hydrogen-bond donors (Lipinski definition) is 0. The van der Waals surface area contributed by atoms with Crippen LogP contribution in [0.2, 0.25) is 0 Å². The third kappa shape index (κ3) is 1.57. The lowest BCUT2D eigenvalue weighted by Gasteiger charge is -2.29. The zero-order valence-corrected chi connectivity index (χ0v) is 8.95. The number of carbonyl (C=O) groups is 1. The molecular weight excluding hydrogens is 199 g/mol. The van der Waals surface area contributed by atoms with E-state index < -0.39 is 0 Å². The van der Waals surface area contributed by atoms with Gasteiger partial charge in [-0.2, -0.15) is 0 Å². The maximum Gasteiger partial charge on any atom is 0.165 e. The highest BCUT2D eigenvalue weighted by Crippen LogP contribution is 2.43. The standard InChI is InChI=1S/C11H11FOS/c1-11(2)6-9(13)7-4-3-5-8(12)10(7)14-11/h3-5H,6H2,1-2H3. The number of halogens is 1. The molecule has 0 bridgehead atoms. The molecule has 0 amide bonds. The van der Waals surface area contributed by atoms with Crippen molar-refractivity contribution in [1.29, 1.82) is 0 Å². The van der Waals surface area contributed by atoms with Gasteiger partial charge in [-0.25, -0.2) is 4.39 Å². The van der Waals surface area contributed by atoms with Gasteiger partial charge in [0.1, 0.15) is 5.82 Å². The summed E-state index contributed by atoms with van der Waals surface area (Å²) < 4.78 is 13.2. The molecule has 0 spiro atoms. The number of hydrogen-bond acceptors (Lipinski definition) is 2. The van der Waals surface area contributed by atoms with Gasteiger partial charge in [0.05, 0.1) is 4.90 Å². The minimum absolute atomic E-state index is 0.0447. The maximum absolute atomic E-state index is 13.4. The smallest absolute Gasteiger partial charge is 0.165 e. The lowest BCUT2D eigenvalue weighted by atomic mass is 9.99. The first-order chi connectivity index (χ1) is 6.49. The van der Waals surface area contributed by atoms with Crippen LogP contribution in [-0.2, 0) is 0 Å². The Morgan fingerprint density at radius 1 is 1.43 bits per heavy atom. The molecule has 0 atom stereocenters. The lowest BCUT2D eigenvalue weighted by molar-refractivity contribution is 0.0966. The van der Waals surface area contributed by atoms with Gasteiger partial charge in [-0.3, -0.25) is 4.79 Å². The fourth-order valence-corrected chi connectivity index (χ4v) is 2.84. The van der Waals surface area contributed by atoms with Gasteiger partial charge in [0, 0.05) is 16.7 Å². The van der Waals surface area contributed by atoms with Gasteiger partial charge < -0.3 is 0 Å². The summed E-state index contributed by atoms with van der Waals surface area (Å²) in [6.45, 7) is 3.93.